The van der Waals surface area contributed by atoms with Crippen LogP contribution in [-0.4, -0.2) is 41.2 Å². The smallest absolute Gasteiger partial charge is 0.271 e. The molecule has 0 saturated carbocycles. The van der Waals surface area contributed by atoms with Crippen molar-refractivity contribution in [2.45, 2.75) is 25.3 Å². The number of likely N-dealkylation sites (N-methyl/N-ethyl adjacent to an activating group) is 2. The van der Waals surface area contributed by atoms with Gasteiger partial charge in [0, 0.05) is 26.1 Å². The molecule has 1 atom stereocenters. The Morgan fingerprint density at radius 2 is 1.77 bits per heavy atom. The number of rotatable bonds is 4. The second kappa shape index (κ2) is 8.07. The Morgan fingerprint density at radius 1 is 1.10 bits per heavy atom. The fourth-order valence-electron chi connectivity index (χ4n) is 3.80. The van der Waals surface area contributed by atoms with Gasteiger partial charge in [-0.3, -0.25) is 9.59 Å². The molecule has 30 heavy (non-hydrogen) atoms. The minimum absolute atomic E-state index is 0.0210. The first-order chi connectivity index (χ1) is 14.2. The number of nitriles is 1. The van der Waals surface area contributed by atoms with Crippen molar-refractivity contribution in [3.05, 3.63) is 76.5 Å². The fraction of sp³-hybridized carbons (Fsp3) is 0.261. The highest BCUT2D eigenvalue weighted by Gasteiger charge is 2.50. The average Bonchev–Trinajstić information content (AvgIpc) is 2.75. The van der Waals surface area contributed by atoms with Crippen molar-refractivity contribution in [2.24, 2.45) is 0 Å². The van der Waals surface area contributed by atoms with Crippen LogP contribution in [0.15, 0.2) is 48.2 Å². The van der Waals surface area contributed by atoms with Gasteiger partial charge < -0.3 is 9.80 Å². The van der Waals surface area contributed by atoms with Crippen LogP contribution in [0.3, 0.4) is 0 Å². The number of hydrogen-bond donors (Lipinski definition) is 0. The van der Waals surface area contributed by atoms with Crippen LogP contribution < -0.4 is 0 Å². The maximum absolute atomic E-state index is 14.3. The van der Waals surface area contributed by atoms with E-state index in [0.717, 1.165) is 0 Å². The van der Waals surface area contributed by atoms with E-state index >= 15 is 0 Å². The lowest BCUT2D eigenvalue weighted by Gasteiger charge is -2.47. The number of amides is 2. The number of piperazine rings is 1. The summed E-state index contributed by atoms with van der Waals surface area (Å²) in [7, 11) is 2.99. The highest BCUT2D eigenvalue weighted by Crippen LogP contribution is 2.34. The van der Waals surface area contributed by atoms with Crippen LogP contribution in [0.1, 0.15) is 30.0 Å². The predicted octanol–water partition coefficient (Wildman–Crippen LogP) is 3.50. The first kappa shape index (κ1) is 21.2. The van der Waals surface area contributed by atoms with Crippen LogP contribution in [0.2, 0.25) is 0 Å². The van der Waals surface area contributed by atoms with Crippen LogP contribution in [0.25, 0.3) is 6.08 Å². The average molecular weight is 409 g/mol. The molecule has 1 aliphatic heterocycles. The zero-order chi connectivity index (χ0) is 22.1. The molecule has 1 fully saturated rings. The lowest BCUT2D eigenvalue weighted by molar-refractivity contribution is -0.157. The lowest BCUT2D eigenvalue weighted by Crippen LogP contribution is -2.65. The SMILES string of the molecule is CCC1(Cc2ccc(F)cc2)C(=O)N(C)C(=Cc2c(F)cccc2C#N)C(=O)N1C. The molecule has 154 valence electrons. The van der Waals surface area contributed by atoms with E-state index in [1.807, 2.05) is 6.07 Å². The van der Waals surface area contributed by atoms with E-state index in [2.05, 4.69) is 0 Å². The monoisotopic (exact) mass is 409 g/mol. The van der Waals surface area contributed by atoms with Crippen molar-refractivity contribution in [1.82, 2.24) is 9.80 Å². The quantitative estimate of drug-likeness (QED) is 0.726. The van der Waals surface area contributed by atoms with Crippen LogP contribution in [0, 0.1) is 23.0 Å². The third-order valence-electron chi connectivity index (χ3n) is 5.68. The van der Waals surface area contributed by atoms with Gasteiger partial charge in [-0.25, -0.2) is 8.78 Å². The van der Waals surface area contributed by atoms with E-state index in [9.17, 15) is 23.6 Å². The molecule has 0 spiro atoms. The van der Waals surface area contributed by atoms with Gasteiger partial charge in [-0.1, -0.05) is 25.1 Å². The van der Waals surface area contributed by atoms with Gasteiger partial charge in [-0.15, -0.1) is 0 Å². The summed E-state index contributed by atoms with van der Waals surface area (Å²) in [5.74, 6) is -1.84. The second-order valence-electron chi connectivity index (χ2n) is 7.26. The summed E-state index contributed by atoms with van der Waals surface area (Å²) in [6.07, 6.45) is 1.79. The van der Waals surface area contributed by atoms with Crippen LogP contribution >= 0.6 is 0 Å². The molecule has 2 amide bonds. The molecule has 1 unspecified atom stereocenters. The molecule has 3 rings (SSSR count). The summed E-state index contributed by atoms with van der Waals surface area (Å²) < 4.78 is 27.6. The summed E-state index contributed by atoms with van der Waals surface area (Å²) >= 11 is 0. The number of benzene rings is 2. The van der Waals surface area contributed by atoms with E-state index < -0.39 is 17.3 Å². The highest BCUT2D eigenvalue weighted by atomic mass is 19.1. The molecule has 0 aliphatic carbocycles. The van der Waals surface area contributed by atoms with E-state index in [-0.39, 0.29) is 35.0 Å². The summed E-state index contributed by atoms with van der Waals surface area (Å²) in [6, 6.07) is 11.7. The zero-order valence-corrected chi connectivity index (χ0v) is 16.9. The van der Waals surface area contributed by atoms with Crippen molar-refractivity contribution < 1.29 is 18.4 Å². The number of nitrogens with zero attached hydrogens (tertiary/aromatic N) is 3. The summed E-state index contributed by atoms with van der Waals surface area (Å²) in [5, 5.41) is 9.26. The predicted molar refractivity (Wildman–Crippen MR) is 108 cm³/mol. The van der Waals surface area contributed by atoms with Crippen LogP contribution in [-0.2, 0) is 16.0 Å². The van der Waals surface area contributed by atoms with Crippen LogP contribution in [0.5, 0.6) is 0 Å². The molecule has 2 aromatic carbocycles. The Morgan fingerprint density at radius 3 is 2.37 bits per heavy atom. The Hall–Kier alpha value is -3.53. The summed E-state index contributed by atoms with van der Waals surface area (Å²) in [4.78, 5) is 29.2. The van der Waals surface area contributed by atoms with E-state index in [1.165, 1.54) is 60.3 Å². The third-order valence-corrected chi connectivity index (χ3v) is 5.68. The molecule has 5 nitrogen and oxygen atoms in total. The third kappa shape index (κ3) is 3.45. The molecular formula is C23H21F2N3O2. The second-order valence-corrected chi connectivity index (χ2v) is 7.26. The molecule has 0 bridgehead atoms. The lowest BCUT2D eigenvalue weighted by atomic mass is 9.82. The Bertz CT molecular complexity index is 1070. The summed E-state index contributed by atoms with van der Waals surface area (Å²) in [5.41, 5.74) is -0.439. The minimum atomic E-state index is -1.16. The number of hydrogen-bond acceptors (Lipinski definition) is 3. The maximum atomic E-state index is 14.3. The highest BCUT2D eigenvalue weighted by molar-refractivity contribution is 6.09. The van der Waals surface area contributed by atoms with Crippen molar-refractivity contribution in [3.8, 4) is 6.07 Å². The molecule has 7 heteroatoms. The Balaban J connectivity index is 2.06. The van der Waals surface area contributed by atoms with Gasteiger partial charge in [0.05, 0.1) is 11.6 Å². The standard InChI is InChI=1S/C23H21F2N3O2/c1-4-23(13-15-8-10-17(24)11-9-15)22(30)27(2)20(21(29)28(23)3)12-18-16(14-26)6-5-7-19(18)25/h5-12H,4,13H2,1-3H3. The van der Waals surface area contributed by atoms with Gasteiger partial charge in [-0.2, -0.15) is 5.26 Å². The molecular weight excluding hydrogens is 388 g/mol. The topological polar surface area (TPSA) is 64.4 Å². The molecule has 0 N–H and O–H groups in total. The molecule has 2 aromatic rings. The van der Waals surface area contributed by atoms with E-state index in [0.29, 0.717) is 12.0 Å². The number of carbonyl (C=O) groups is 2. The number of halogens is 2. The summed E-state index contributed by atoms with van der Waals surface area (Å²) in [6.45, 7) is 1.80. The Labute approximate surface area is 173 Å². The van der Waals surface area contributed by atoms with Gasteiger partial charge in [0.1, 0.15) is 22.9 Å². The van der Waals surface area contributed by atoms with Crippen molar-refractivity contribution in [1.29, 1.82) is 5.26 Å². The zero-order valence-electron chi connectivity index (χ0n) is 16.9. The normalized spacial score (nSPS) is 20.6. The van der Waals surface area contributed by atoms with Gasteiger partial charge in [0.25, 0.3) is 11.8 Å². The first-order valence-corrected chi connectivity index (χ1v) is 9.46. The molecule has 1 heterocycles. The maximum Gasteiger partial charge on any atom is 0.271 e. The van der Waals surface area contributed by atoms with Gasteiger partial charge >= 0.3 is 0 Å². The van der Waals surface area contributed by atoms with Gasteiger partial charge in [-0.05, 0) is 42.3 Å². The first-order valence-electron chi connectivity index (χ1n) is 9.46. The molecule has 1 aliphatic rings. The Kier molecular flexibility index (Phi) is 5.70. The largest absolute Gasteiger partial charge is 0.325 e. The minimum Gasteiger partial charge on any atom is -0.325 e. The van der Waals surface area contributed by atoms with Gasteiger partial charge in [0.15, 0.2) is 0 Å². The van der Waals surface area contributed by atoms with Crippen molar-refractivity contribution in [3.63, 3.8) is 0 Å². The van der Waals surface area contributed by atoms with E-state index in [4.69, 9.17) is 0 Å². The molecule has 0 radical (unpaired) electrons. The molecule has 0 aromatic heterocycles. The van der Waals surface area contributed by atoms with Gasteiger partial charge in [0.2, 0.25) is 0 Å². The molecule has 1 saturated heterocycles. The van der Waals surface area contributed by atoms with Crippen LogP contribution in [0.4, 0.5) is 8.78 Å². The number of carbonyl (C=O) groups excluding carboxylic acids is 2. The van der Waals surface area contributed by atoms with Crippen molar-refractivity contribution in [2.75, 3.05) is 14.1 Å². The van der Waals surface area contributed by atoms with E-state index in [1.54, 1.807) is 19.1 Å². The van der Waals surface area contributed by atoms with Crippen molar-refractivity contribution >= 4 is 17.9 Å². The fourth-order valence-corrected chi connectivity index (χ4v) is 3.80.